The average molecular weight is 752 g/mol. The molecule has 0 aromatic rings. The summed E-state index contributed by atoms with van der Waals surface area (Å²) in [5.41, 5.74) is 0. The van der Waals surface area contributed by atoms with Crippen LogP contribution in [0, 0.1) is 0 Å². The molecule has 0 saturated carbocycles. The SMILES string of the molecule is CCCCCCCCCCCCCCCCCCCCCCCCCCCCCC(=O)NC(CO)C(O)C(O)CCCCCCCCCCCCCC. The van der Waals surface area contributed by atoms with Crippen LogP contribution in [0.1, 0.15) is 277 Å². The van der Waals surface area contributed by atoms with Crippen LogP contribution in [0.15, 0.2) is 0 Å². The monoisotopic (exact) mass is 752 g/mol. The smallest absolute Gasteiger partial charge is 0.220 e. The van der Waals surface area contributed by atoms with Gasteiger partial charge in [-0.25, -0.2) is 0 Å². The Morgan fingerprint density at radius 3 is 0.906 bits per heavy atom. The van der Waals surface area contributed by atoms with Crippen molar-refractivity contribution in [1.82, 2.24) is 5.32 Å². The van der Waals surface area contributed by atoms with Crippen LogP contribution >= 0.6 is 0 Å². The van der Waals surface area contributed by atoms with E-state index in [0.717, 1.165) is 32.1 Å². The lowest BCUT2D eigenvalue weighted by Gasteiger charge is -2.26. The minimum atomic E-state index is -1.13. The summed E-state index contributed by atoms with van der Waals surface area (Å²) in [5.74, 6) is -0.139. The third-order valence-corrected chi connectivity index (χ3v) is 11.7. The number of hydrogen-bond donors (Lipinski definition) is 4. The highest BCUT2D eigenvalue weighted by Crippen LogP contribution is 2.18. The standard InChI is InChI=1S/C48H97NO4/c1-3-5-7-9-11-13-15-17-18-19-20-21-22-23-24-25-26-27-28-29-30-31-33-35-37-39-41-43-47(52)49-45(44-50)48(53)46(51)42-40-38-36-34-32-16-14-12-10-8-6-4-2/h45-46,48,50-51,53H,3-44H2,1-2H3,(H,49,52). The highest BCUT2D eigenvalue weighted by Gasteiger charge is 2.26. The molecule has 53 heavy (non-hydrogen) atoms. The lowest BCUT2D eigenvalue weighted by atomic mass is 9.99. The van der Waals surface area contributed by atoms with Crippen molar-refractivity contribution in [3.05, 3.63) is 0 Å². The Kier molecular flexibility index (Phi) is 43.5. The van der Waals surface area contributed by atoms with Crippen LogP contribution in [-0.2, 0) is 4.79 Å². The fourth-order valence-electron chi connectivity index (χ4n) is 7.93. The number of rotatable bonds is 45. The van der Waals surface area contributed by atoms with Crippen molar-refractivity contribution in [3.8, 4) is 0 Å². The maximum atomic E-state index is 12.4. The molecule has 0 aliphatic carbocycles. The second-order valence-corrected chi connectivity index (χ2v) is 17.0. The Hall–Kier alpha value is -0.650. The Labute approximate surface area is 332 Å². The molecule has 3 unspecified atom stereocenters. The van der Waals surface area contributed by atoms with Gasteiger partial charge in [0, 0.05) is 6.42 Å². The van der Waals surface area contributed by atoms with Crippen molar-refractivity contribution >= 4 is 5.91 Å². The second kappa shape index (κ2) is 44.1. The van der Waals surface area contributed by atoms with Crippen LogP contribution in [-0.4, -0.2) is 46.1 Å². The van der Waals surface area contributed by atoms with E-state index in [-0.39, 0.29) is 12.5 Å². The molecule has 5 nitrogen and oxygen atoms in total. The zero-order valence-electron chi connectivity index (χ0n) is 36.2. The molecule has 0 spiro atoms. The van der Waals surface area contributed by atoms with Crippen LogP contribution in [0.2, 0.25) is 0 Å². The summed E-state index contributed by atoms with van der Waals surface area (Å²) in [7, 11) is 0. The number of aliphatic hydroxyl groups excluding tert-OH is 3. The third kappa shape index (κ3) is 39.4. The molecule has 0 rings (SSSR count). The molecule has 0 heterocycles. The lowest BCUT2D eigenvalue weighted by molar-refractivity contribution is -0.124. The average Bonchev–Trinajstić information content (AvgIpc) is 3.16. The van der Waals surface area contributed by atoms with Crippen LogP contribution in [0.3, 0.4) is 0 Å². The fraction of sp³-hybridized carbons (Fsp3) is 0.979. The maximum absolute atomic E-state index is 12.4. The fourth-order valence-corrected chi connectivity index (χ4v) is 7.93. The molecule has 0 aliphatic heterocycles. The van der Waals surface area contributed by atoms with Gasteiger partial charge in [0.1, 0.15) is 6.10 Å². The quantitative estimate of drug-likeness (QED) is 0.0466. The van der Waals surface area contributed by atoms with Gasteiger partial charge < -0.3 is 20.6 Å². The zero-order valence-corrected chi connectivity index (χ0v) is 36.2. The van der Waals surface area contributed by atoms with Crippen molar-refractivity contribution in [1.29, 1.82) is 0 Å². The molecule has 5 heteroatoms. The van der Waals surface area contributed by atoms with Crippen molar-refractivity contribution in [2.45, 2.75) is 295 Å². The van der Waals surface area contributed by atoms with Gasteiger partial charge in [-0.15, -0.1) is 0 Å². The molecule has 4 N–H and O–H groups in total. The molecular formula is C48H97NO4. The van der Waals surface area contributed by atoms with Gasteiger partial charge in [-0.05, 0) is 12.8 Å². The molecule has 1 amide bonds. The normalized spacial score (nSPS) is 13.4. The molecule has 3 atom stereocenters. The van der Waals surface area contributed by atoms with E-state index in [1.165, 1.54) is 218 Å². The number of nitrogens with one attached hydrogen (secondary N) is 1. The van der Waals surface area contributed by atoms with E-state index < -0.39 is 18.2 Å². The number of unbranched alkanes of at least 4 members (excludes halogenated alkanes) is 37. The van der Waals surface area contributed by atoms with Gasteiger partial charge in [-0.1, -0.05) is 258 Å². The minimum Gasteiger partial charge on any atom is -0.394 e. The van der Waals surface area contributed by atoms with E-state index in [4.69, 9.17) is 0 Å². The largest absolute Gasteiger partial charge is 0.394 e. The minimum absolute atomic E-state index is 0.139. The number of hydrogen-bond acceptors (Lipinski definition) is 4. The van der Waals surface area contributed by atoms with E-state index in [1.54, 1.807) is 0 Å². The lowest BCUT2D eigenvalue weighted by Crippen LogP contribution is -2.50. The second-order valence-electron chi connectivity index (χ2n) is 17.0. The van der Waals surface area contributed by atoms with Gasteiger partial charge in [0.15, 0.2) is 0 Å². The summed E-state index contributed by atoms with van der Waals surface area (Å²) in [6.45, 7) is 4.20. The van der Waals surface area contributed by atoms with E-state index in [1.807, 2.05) is 0 Å². The molecule has 0 saturated heterocycles. The maximum Gasteiger partial charge on any atom is 0.220 e. The van der Waals surface area contributed by atoms with Crippen LogP contribution < -0.4 is 5.32 Å². The van der Waals surface area contributed by atoms with E-state index in [9.17, 15) is 20.1 Å². The highest BCUT2D eigenvalue weighted by molar-refractivity contribution is 5.76. The Bertz CT molecular complexity index is 703. The molecule has 0 aromatic heterocycles. The van der Waals surface area contributed by atoms with Crippen molar-refractivity contribution in [2.75, 3.05) is 6.61 Å². The van der Waals surface area contributed by atoms with Gasteiger partial charge in [0.05, 0.1) is 18.8 Å². The highest BCUT2D eigenvalue weighted by atomic mass is 16.3. The van der Waals surface area contributed by atoms with Gasteiger partial charge in [0.2, 0.25) is 5.91 Å². The van der Waals surface area contributed by atoms with Gasteiger partial charge in [-0.2, -0.15) is 0 Å². The summed E-state index contributed by atoms with van der Waals surface area (Å²) < 4.78 is 0. The van der Waals surface area contributed by atoms with E-state index in [0.29, 0.717) is 12.8 Å². The Morgan fingerprint density at radius 1 is 0.396 bits per heavy atom. The topological polar surface area (TPSA) is 89.8 Å². The first-order valence-electron chi connectivity index (χ1n) is 24.3. The first-order valence-corrected chi connectivity index (χ1v) is 24.3. The van der Waals surface area contributed by atoms with Crippen LogP contribution in [0.5, 0.6) is 0 Å². The summed E-state index contributed by atoms with van der Waals surface area (Å²) >= 11 is 0. The first-order chi connectivity index (χ1) is 26.1. The summed E-state index contributed by atoms with van der Waals surface area (Å²) in [5, 5.41) is 33.5. The Balaban J connectivity index is 3.48. The van der Waals surface area contributed by atoms with E-state index in [2.05, 4.69) is 19.2 Å². The molecular weight excluding hydrogens is 655 g/mol. The van der Waals surface area contributed by atoms with Gasteiger partial charge >= 0.3 is 0 Å². The zero-order chi connectivity index (χ0) is 38.7. The third-order valence-electron chi connectivity index (χ3n) is 11.7. The van der Waals surface area contributed by atoms with Crippen molar-refractivity contribution in [3.63, 3.8) is 0 Å². The summed E-state index contributed by atoms with van der Waals surface area (Å²) in [4.78, 5) is 12.4. The van der Waals surface area contributed by atoms with Crippen LogP contribution in [0.25, 0.3) is 0 Å². The van der Waals surface area contributed by atoms with Crippen LogP contribution in [0.4, 0.5) is 0 Å². The number of carbonyl (C=O) groups is 1. The summed E-state index contributed by atoms with van der Waals surface area (Å²) in [6, 6.07) is -0.802. The van der Waals surface area contributed by atoms with Crippen molar-refractivity contribution in [2.24, 2.45) is 0 Å². The molecule has 0 radical (unpaired) electrons. The van der Waals surface area contributed by atoms with Gasteiger partial charge in [-0.3, -0.25) is 4.79 Å². The van der Waals surface area contributed by atoms with E-state index >= 15 is 0 Å². The molecule has 0 fully saturated rings. The predicted molar refractivity (Wildman–Crippen MR) is 232 cm³/mol. The molecule has 0 bridgehead atoms. The molecule has 318 valence electrons. The number of aliphatic hydroxyl groups is 3. The molecule has 0 aliphatic rings. The number of amides is 1. The van der Waals surface area contributed by atoms with Crippen molar-refractivity contribution < 1.29 is 20.1 Å². The summed E-state index contributed by atoms with van der Waals surface area (Å²) in [6.07, 6.45) is 50.9. The van der Waals surface area contributed by atoms with Gasteiger partial charge in [0.25, 0.3) is 0 Å². The Morgan fingerprint density at radius 2 is 0.642 bits per heavy atom. The number of carbonyl (C=O) groups excluding carboxylic acids is 1. The molecule has 0 aromatic carbocycles. The first kappa shape index (κ1) is 52.3. The predicted octanol–water partition coefficient (Wildman–Crippen LogP) is 14.2.